The quantitative estimate of drug-likeness (QED) is 0.218. The van der Waals surface area contributed by atoms with E-state index in [1.807, 2.05) is 4.72 Å². The van der Waals surface area contributed by atoms with Gasteiger partial charge in [-0.3, -0.25) is 9.35 Å². The first-order chi connectivity index (χ1) is 5.37. The minimum atomic E-state index is -4.25. The Morgan fingerprint density at radius 3 is 2.42 bits per heavy atom. The van der Waals surface area contributed by atoms with E-state index in [1.165, 1.54) is 0 Å². The zero-order valence-electron chi connectivity index (χ0n) is 5.67. The molecular formula is C3H7NO5S3. The van der Waals surface area contributed by atoms with Gasteiger partial charge in [0.15, 0.2) is 0 Å². The van der Waals surface area contributed by atoms with Gasteiger partial charge in [-0.1, -0.05) is 0 Å². The van der Waals surface area contributed by atoms with Crippen LogP contribution in [0.2, 0.25) is 0 Å². The Balaban J connectivity index is 3.98. The van der Waals surface area contributed by atoms with Crippen molar-refractivity contribution in [2.24, 2.45) is 0 Å². The number of carbonyl (C=O) groups is 1. The first-order valence-corrected chi connectivity index (χ1v) is 6.02. The molecule has 3 N–H and O–H groups in total. The van der Waals surface area contributed by atoms with Crippen LogP contribution in [-0.2, 0) is 13.9 Å². The Labute approximate surface area is 78.4 Å². The fourth-order valence-corrected chi connectivity index (χ4v) is 1.79. The van der Waals surface area contributed by atoms with Gasteiger partial charge in [0.2, 0.25) is 0 Å². The summed E-state index contributed by atoms with van der Waals surface area (Å²) in [6.07, 6.45) is 0. The molecule has 0 radical (unpaired) electrons. The van der Waals surface area contributed by atoms with Gasteiger partial charge in [0.05, 0.1) is 11.0 Å². The number of aliphatic carboxylic acids is 1. The van der Waals surface area contributed by atoms with Crippen LogP contribution >= 0.6 is 23.6 Å². The molecule has 0 unspecified atom stereocenters. The van der Waals surface area contributed by atoms with Gasteiger partial charge in [0.25, 0.3) is 0 Å². The number of carboxylic acids is 1. The minimum Gasteiger partial charge on any atom is -0.480 e. The number of hydrogen-bond acceptors (Lipinski definition) is 6. The fraction of sp³-hybridized carbons (Fsp3) is 0.667. The van der Waals surface area contributed by atoms with Gasteiger partial charge in [-0.25, -0.2) is 4.72 Å². The van der Waals surface area contributed by atoms with Crippen molar-refractivity contribution in [3.8, 4) is 0 Å². The van der Waals surface area contributed by atoms with Crippen molar-refractivity contribution in [3.05, 3.63) is 0 Å². The van der Waals surface area contributed by atoms with Gasteiger partial charge in [-0.05, 0) is 0 Å². The molecule has 0 aliphatic heterocycles. The molecule has 0 aromatic heterocycles. The largest absolute Gasteiger partial charge is 0.480 e. The van der Waals surface area contributed by atoms with Crippen LogP contribution in [0.4, 0.5) is 0 Å². The number of rotatable bonds is 5. The average molecular weight is 233 g/mol. The van der Waals surface area contributed by atoms with Crippen LogP contribution in [-0.4, -0.2) is 35.8 Å². The van der Waals surface area contributed by atoms with E-state index in [0.717, 1.165) is 0 Å². The van der Waals surface area contributed by atoms with E-state index in [4.69, 9.17) is 9.66 Å². The average Bonchev–Trinajstić information content (AvgIpc) is 1.85. The lowest BCUT2D eigenvalue weighted by Crippen LogP contribution is -2.34. The molecule has 0 aromatic carbocycles. The van der Waals surface area contributed by atoms with E-state index < -0.39 is 21.2 Å². The Kier molecular flexibility index (Phi) is 4.94. The molecule has 0 heterocycles. The van der Waals surface area contributed by atoms with Gasteiger partial charge in [-0.2, -0.15) is 21.0 Å². The lowest BCUT2D eigenvalue weighted by molar-refractivity contribution is -0.138. The highest BCUT2D eigenvalue weighted by atomic mass is 33.2. The SMILES string of the molecule is O=C(O)[C@H](CS)NSS(=O)(=O)O. The van der Waals surface area contributed by atoms with Crippen LogP contribution in [0.3, 0.4) is 0 Å². The molecule has 0 aliphatic carbocycles. The molecular weight excluding hydrogens is 226 g/mol. The third-order valence-corrected chi connectivity index (χ3v) is 2.65. The molecule has 72 valence electrons. The predicted molar refractivity (Wildman–Crippen MR) is 47.6 cm³/mol. The van der Waals surface area contributed by atoms with Crippen LogP contribution in [0.15, 0.2) is 0 Å². The summed E-state index contributed by atoms with van der Waals surface area (Å²) in [6, 6.07) is -1.11. The topological polar surface area (TPSA) is 104 Å². The predicted octanol–water partition coefficient (Wildman–Crippen LogP) is -0.590. The van der Waals surface area contributed by atoms with Crippen molar-refractivity contribution < 1.29 is 22.9 Å². The number of hydrogen-bond donors (Lipinski definition) is 4. The van der Waals surface area contributed by atoms with Crippen LogP contribution in [0.5, 0.6) is 0 Å². The lowest BCUT2D eigenvalue weighted by Gasteiger charge is -2.07. The summed E-state index contributed by atoms with van der Waals surface area (Å²) in [4.78, 5) is 10.2. The van der Waals surface area contributed by atoms with Gasteiger partial charge >= 0.3 is 15.1 Å². The molecule has 9 heteroatoms. The summed E-state index contributed by atoms with van der Waals surface area (Å²) in [5.41, 5.74) is 0. The van der Waals surface area contributed by atoms with Gasteiger partial charge in [0, 0.05) is 5.75 Å². The Bertz CT molecular complexity index is 249. The molecule has 0 spiro atoms. The number of nitrogens with one attached hydrogen (secondary N) is 1. The third kappa shape index (κ3) is 5.66. The Morgan fingerprint density at radius 1 is 1.67 bits per heavy atom. The van der Waals surface area contributed by atoms with Crippen molar-refractivity contribution >= 4 is 38.7 Å². The van der Waals surface area contributed by atoms with Crippen molar-refractivity contribution in [2.45, 2.75) is 6.04 Å². The summed E-state index contributed by atoms with van der Waals surface area (Å²) >= 11 is 3.65. The molecule has 6 nitrogen and oxygen atoms in total. The normalized spacial score (nSPS) is 14.2. The summed E-state index contributed by atoms with van der Waals surface area (Å²) in [5.74, 6) is -1.31. The summed E-state index contributed by atoms with van der Waals surface area (Å²) in [6.45, 7) is 0. The van der Waals surface area contributed by atoms with Crippen molar-refractivity contribution in [1.29, 1.82) is 0 Å². The van der Waals surface area contributed by atoms with E-state index in [1.54, 1.807) is 0 Å². The van der Waals surface area contributed by atoms with Gasteiger partial charge in [0.1, 0.15) is 6.04 Å². The minimum absolute atomic E-state index is 0.0574. The summed E-state index contributed by atoms with van der Waals surface area (Å²) in [7, 11) is -4.31. The molecule has 0 saturated heterocycles. The second kappa shape index (κ2) is 4.92. The zero-order chi connectivity index (χ0) is 9.78. The Hall–Kier alpha value is 0.0400. The summed E-state index contributed by atoms with van der Waals surface area (Å²) < 4.78 is 30.4. The molecule has 0 amide bonds. The molecule has 1 atom stereocenters. The first-order valence-electron chi connectivity index (χ1n) is 2.62. The monoisotopic (exact) mass is 233 g/mol. The van der Waals surface area contributed by atoms with Crippen LogP contribution in [0.1, 0.15) is 0 Å². The zero-order valence-corrected chi connectivity index (χ0v) is 8.19. The molecule has 12 heavy (non-hydrogen) atoms. The molecule has 0 aliphatic rings. The molecule has 0 bridgehead atoms. The molecule has 0 fully saturated rings. The Morgan fingerprint density at radius 2 is 2.17 bits per heavy atom. The second-order valence-electron chi connectivity index (χ2n) is 1.70. The van der Waals surface area contributed by atoms with Crippen LogP contribution in [0.25, 0.3) is 0 Å². The van der Waals surface area contributed by atoms with E-state index in [-0.39, 0.29) is 16.7 Å². The maximum absolute atomic E-state index is 10.2. The highest BCUT2D eigenvalue weighted by Crippen LogP contribution is 2.05. The standard InChI is InChI=1S/C3H7NO5S3/c5-3(6)2(1-10)4-11-12(7,8)9/h2,4,10H,1H2,(H,5,6)(H,7,8,9)/t2-/m0/s1. The van der Waals surface area contributed by atoms with E-state index in [2.05, 4.69) is 12.6 Å². The molecule has 0 rings (SSSR count). The van der Waals surface area contributed by atoms with E-state index in [9.17, 15) is 13.2 Å². The molecule has 0 aromatic rings. The van der Waals surface area contributed by atoms with Crippen molar-refractivity contribution in [1.82, 2.24) is 4.72 Å². The van der Waals surface area contributed by atoms with Crippen molar-refractivity contribution in [3.63, 3.8) is 0 Å². The maximum Gasteiger partial charge on any atom is 0.334 e. The number of thiol groups is 1. The third-order valence-electron chi connectivity index (χ3n) is 0.776. The summed E-state index contributed by atoms with van der Waals surface area (Å²) in [5, 5.41) is 8.37. The first kappa shape index (κ1) is 12.0. The highest BCUT2D eigenvalue weighted by molar-refractivity contribution is 8.69. The van der Waals surface area contributed by atoms with Crippen LogP contribution in [0, 0.1) is 0 Å². The van der Waals surface area contributed by atoms with E-state index >= 15 is 0 Å². The van der Waals surface area contributed by atoms with E-state index in [0.29, 0.717) is 0 Å². The second-order valence-corrected chi connectivity index (χ2v) is 5.09. The lowest BCUT2D eigenvalue weighted by atomic mass is 10.4. The highest BCUT2D eigenvalue weighted by Gasteiger charge is 2.18. The van der Waals surface area contributed by atoms with Gasteiger partial charge < -0.3 is 5.11 Å². The fourth-order valence-electron chi connectivity index (χ4n) is 0.285. The number of carboxylic acid groups (broad SMARTS) is 1. The van der Waals surface area contributed by atoms with Gasteiger partial charge in [-0.15, -0.1) is 0 Å². The van der Waals surface area contributed by atoms with Crippen LogP contribution < -0.4 is 4.72 Å². The molecule has 0 saturated carbocycles. The van der Waals surface area contributed by atoms with Crippen molar-refractivity contribution in [2.75, 3.05) is 5.75 Å². The smallest absolute Gasteiger partial charge is 0.334 e. The maximum atomic E-state index is 10.2.